The van der Waals surface area contributed by atoms with Crippen molar-refractivity contribution in [2.24, 2.45) is 5.14 Å². The summed E-state index contributed by atoms with van der Waals surface area (Å²) in [5.41, 5.74) is 0.914. The molecule has 0 aliphatic carbocycles. The van der Waals surface area contributed by atoms with E-state index in [1.165, 1.54) is 0 Å². The van der Waals surface area contributed by atoms with Gasteiger partial charge in [0, 0.05) is 19.0 Å². The highest BCUT2D eigenvalue weighted by atomic mass is 32.2. The zero-order valence-corrected chi connectivity index (χ0v) is 10.4. The normalized spacial score (nSPS) is 25.8. The molecule has 6 nitrogen and oxygen atoms in total. The minimum atomic E-state index is -3.64. The molecule has 17 heavy (non-hydrogen) atoms. The van der Waals surface area contributed by atoms with E-state index in [0.717, 1.165) is 5.56 Å². The van der Waals surface area contributed by atoms with Crippen LogP contribution in [0.2, 0.25) is 0 Å². The fourth-order valence-electron chi connectivity index (χ4n) is 1.88. The standard InChI is InChI=1S/C10H15N3O3S/c1-7-5-12-10(13-6-7)9-8(17(11,14)15)3-2-4-16-9/h5-6,8-9H,2-4H2,1H3,(H2,11,14,15)/t8-,9-/m0/s1. The molecule has 1 aliphatic rings. The third-order valence-corrected chi connectivity index (χ3v) is 4.07. The quantitative estimate of drug-likeness (QED) is 0.821. The van der Waals surface area contributed by atoms with Gasteiger partial charge in [-0.25, -0.2) is 23.5 Å². The van der Waals surface area contributed by atoms with Crippen molar-refractivity contribution >= 4 is 10.0 Å². The van der Waals surface area contributed by atoms with Crippen LogP contribution in [0.15, 0.2) is 12.4 Å². The number of ether oxygens (including phenoxy) is 1. The molecule has 0 radical (unpaired) electrons. The molecule has 1 saturated heterocycles. The monoisotopic (exact) mass is 257 g/mol. The van der Waals surface area contributed by atoms with Crippen molar-refractivity contribution in [3.63, 3.8) is 0 Å². The van der Waals surface area contributed by atoms with Crippen molar-refractivity contribution in [3.8, 4) is 0 Å². The third kappa shape index (κ3) is 2.80. The number of nitrogens with two attached hydrogens (primary N) is 1. The van der Waals surface area contributed by atoms with Gasteiger partial charge in [0.05, 0.1) is 0 Å². The van der Waals surface area contributed by atoms with Gasteiger partial charge < -0.3 is 4.74 Å². The first kappa shape index (κ1) is 12.4. The summed E-state index contributed by atoms with van der Waals surface area (Å²) in [5, 5.41) is 4.45. The molecule has 94 valence electrons. The molecular weight excluding hydrogens is 242 g/mol. The molecule has 7 heteroatoms. The highest BCUT2D eigenvalue weighted by Crippen LogP contribution is 2.29. The molecule has 2 heterocycles. The number of primary sulfonamides is 1. The highest BCUT2D eigenvalue weighted by molar-refractivity contribution is 7.89. The number of rotatable bonds is 2. The van der Waals surface area contributed by atoms with E-state index in [0.29, 0.717) is 25.3 Å². The second-order valence-corrected chi connectivity index (χ2v) is 5.96. The highest BCUT2D eigenvalue weighted by Gasteiger charge is 2.37. The molecule has 0 aromatic carbocycles. The number of nitrogens with zero attached hydrogens (tertiary/aromatic N) is 2. The summed E-state index contributed by atoms with van der Waals surface area (Å²) in [4.78, 5) is 8.22. The molecule has 1 aromatic rings. The fraction of sp³-hybridized carbons (Fsp3) is 0.600. The van der Waals surface area contributed by atoms with Crippen molar-refractivity contribution < 1.29 is 13.2 Å². The van der Waals surface area contributed by atoms with Gasteiger partial charge in [0.2, 0.25) is 10.0 Å². The average Bonchev–Trinajstić information content (AvgIpc) is 2.29. The molecule has 1 fully saturated rings. The van der Waals surface area contributed by atoms with E-state index in [1.807, 2.05) is 6.92 Å². The Morgan fingerprint density at radius 3 is 2.65 bits per heavy atom. The Balaban J connectivity index is 2.31. The number of aromatic nitrogens is 2. The number of sulfonamides is 1. The van der Waals surface area contributed by atoms with Crippen molar-refractivity contribution in [3.05, 3.63) is 23.8 Å². The number of aryl methyl sites for hydroxylation is 1. The van der Waals surface area contributed by atoms with E-state index >= 15 is 0 Å². The Hall–Kier alpha value is -1.05. The summed E-state index contributed by atoms with van der Waals surface area (Å²) in [6, 6.07) is 0. The summed E-state index contributed by atoms with van der Waals surface area (Å²) in [6.45, 7) is 2.37. The molecule has 1 aromatic heterocycles. The largest absolute Gasteiger partial charge is 0.369 e. The molecule has 0 unspecified atom stereocenters. The minimum absolute atomic E-state index is 0.384. The van der Waals surface area contributed by atoms with Crippen LogP contribution in [0.5, 0.6) is 0 Å². The Morgan fingerprint density at radius 2 is 2.06 bits per heavy atom. The molecule has 0 saturated carbocycles. The lowest BCUT2D eigenvalue weighted by Crippen LogP contribution is -2.39. The topological polar surface area (TPSA) is 95.2 Å². The van der Waals surface area contributed by atoms with Crippen molar-refractivity contribution in [2.75, 3.05) is 6.61 Å². The van der Waals surface area contributed by atoms with Crippen LogP contribution >= 0.6 is 0 Å². The predicted molar refractivity (Wildman–Crippen MR) is 61.6 cm³/mol. The second kappa shape index (κ2) is 4.67. The summed E-state index contributed by atoms with van der Waals surface area (Å²) < 4.78 is 28.4. The maximum atomic E-state index is 11.5. The lowest BCUT2D eigenvalue weighted by molar-refractivity contribution is 0.0125. The van der Waals surface area contributed by atoms with Gasteiger partial charge in [-0.3, -0.25) is 0 Å². The van der Waals surface area contributed by atoms with Gasteiger partial charge in [-0.05, 0) is 25.3 Å². The van der Waals surface area contributed by atoms with Crippen molar-refractivity contribution in [1.29, 1.82) is 0 Å². The maximum Gasteiger partial charge on any atom is 0.215 e. The van der Waals surface area contributed by atoms with Gasteiger partial charge in [0.25, 0.3) is 0 Å². The smallest absolute Gasteiger partial charge is 0.215 e. The van der Waals surface area contributed by atoms with Gasteiger partial charge in [0.15, 0.2) is 5.82 Å². The zero-order chi connectivity index (χ0) is 12.5. The van der Waals surface area contributed by atoms with Crippen LogP contribution in [-0.4, -0.2) is 30.2 Å². The molecule has 2 rings (SSSR count). The zero-order valence-electron chi connectivity index (χ0n) is 9.54. The van der Waals surface area contributed by atoms with Gasteiger partial charge in [0.1, 0.15) is 11.4 Å². The first-order valence-electron chi connectivity index (χ1n) is 5.40. The molecule has 0 bridgehead atoms. The minimum Gasteiger partial charge on any atom is -0.369 e. The van der Waals surface area contributed by atoms with E-state index in [-0.39, 0.29) is 0 Å². The second-order valence-electron chi connectivity index (χ2n) is 4.18. The molecule has 2 atom stereocenters. The van der Waals surface area contributed by atoms with E-state index in [2.05, 4.69) is 9.97 Å². The third-order valence-electron chi connectivity index (χ3n) is 2.75. The first-order valence-corrected chi connectivity index (χ1v) is 7.01. The number of hydrogen-bond acceptors (Lipinski definition) is 5. The van der Waals surface area contributed by atoms with Crippen LogP contribution in [-0.2, 0) is 14.8 Å². The lowest BCUT2D eigenvalue weighted by atomic mass is 10.1. The summed E-state index contributed by atoms with van der Waals surface area (Å²) in [7, 11) is -3.64. The molecule has 1 aliphatic heterocycles. The lowest BCUT2D eigenvalue weighted by Gasteiger charge is -2.28. The Labute approximate surface area is 100 Å². The van der Waals surface area contributed by atoms with Gasteiger partial charge in [-0.15, -0.1) is 0 Å². The first-order chi connectivity index (χ1) is 7.98. The maximum absolute atomic E-state index is 11.5. The van der Waals surface area contributed by atoms with E-state index in [1.54, 1.807) is 12.4 Å². The Bertz CT molecular complexity index is 486. The van der Waals surface area contributed by atoms with Crippen LogP contribution < -0.4 is 5.14 Å². The van der Waals surface area contributed by atoms with E-state index < -0.39 is 21.4 Å². The molecule has 2 N–H and O–H groups in total. The molecular formula is C10H15N3O3S. The van der Waals surface area contributed by atoms with Gasteiger partial charge >= 0.3 is 0 Å². The Kier molecular flexibility index (Phi) is 3.41. The van der Waals surface area contributed by atoms with E-state index in [4.69, 9.17) is 9.88 Å². The van der Waals surface area contributed by atoms with Crippen LogP contribution in [0.1, 0.15) is 30.3 Å². The SMILES string of the molecule is Cc1cnc([C@H]2OCCC[C@@H]2S(N)(=O)=O)nc1. The molecule has 0 spiro atoms. The van der Waals surface area contributed by atoms with Gasteiger partial charge in [-0.2, -0.15) is 0 Å². The summed E-state index contributed by atoms with van der Waals surface area (Å²) >= 11 is 0. The van der Waals surface area contributed by atoms with Crippen molar-refractivity contribution in [2.45, 2.75) is 31.1 Å². The number of hydrogen-bond donors (Lipinski definition) is 1. The fourth-order valence-corrected chi connectivity index (χ4v) is 2.92. The molecule has 0 amide bonds. The van der Waals surface area contributed by atoms with Crippen LogP contribution in [0.3, 0.4) is 0 Å². The van der Waals surface area contributed by atoms with Crippen LogP contribution in [0, 0.1) is 6.92 Å². The van der Waals surface area contributed by atoms with Crippen LogP contribution in [0.25, 0.3) is 0 Å². The Morgan fingerprint density at radius 1 is 1.41 bits per heavy atom. The summed E-state index contributed by atoms with van der Waals surface area (Å²) in [5.74, 6) is 0.384. The van der Waals surface area contributed by atoms with Gasteiger partial charge in [-0.1, -0.05) is 0 Å². The summed E-state index contributed by atoms with van der Waals surface area (Å²) in [6.07, 6.45) is 3.80. The van der Waals surface area contributed by atoms with E-state index in [9.17, 15) is 8.42 Å². The van der Waals surface area contributed by atoms with Crippen LogP contribution in [0.4, 0.5) is 0 Å². The average molecular weight is 257 g/mol. The predicted octanol–water partition coefficient (Wildman–Crippen LogP) is 0.294. The van der Waals surface area contributed by atoms with Crippen molar-refractivity contribution in [1.82, 2.24) is 9.97 Å².